The average Bonchev–Trinajstić information content (AvgIpc) is 2.93. The zero-order chi connectivity index (χ0) is 19.2. The highest BCUT2D eigenvalue weighted by molar-refractivity contribution is 8.26. The number of thioether (sulfide) groups is 1. The molecular formula is C20H18FNO3S2. The van der Waals surface area contributed by atoms with Gasteiger partial charge in [-0.25, -0.2) is 4.39 Å². The van der Waals surface area contributed by atoms with Crippen molar-refractivity contribution in [3.63, 3.8) is 0 Å². The van der Waals surface area contributed by atoms with Gasteiger partial charge in [-0.15, -0.1) is 0 Å². The summed E-state index contributed by atoms with van der Waals surface area (Å²) >= 11 is 6.54. The molecular weight excluding hydrogens is 385 g/mol. The summed E-state index contributed by atoms with van der Waals surface area (Å²) in [5, 5.41) is 0. The second-order valence-corrected chi connectivity index (χ2v) is 7.42. The Morgan fingerprint density at radius 3 is 2.70 bits per heavy atom. The predicted molar refractivity (Wildman–Crippen MR) is 109 cm³/mol. The first-order chi connectivity index (χ1) is 13.1. The van der Waals surface area contributed by atoms with Crippen LogP contribution in [0.15, 0.2) is 53.4 Å². The van der Waals surface area contributed by atoms with Crippen LogP contribution in [0.5, 0.6) is 5.75 Å². The first-order valence-electron chi connectivity index (χ1n) is 8.29. The molecule has 0 N–H and O–H groups in total. The first-order valence-corrected chi connectivity index (χ1v) is 9.52. The Bertz CT molecular complexity index is 885. The van der Waals surface area contributed by atoms with Crippen molar-refractivity contribution in [2.24, 2.45) is 0 Å². The predicted octanol–water partition coefficient (Wildman–Crippen LogP) is 4.25. The van der Waals surface area contributed by atoms with E-state index in [1.807, 2.05) is 18.2 Å². The Balaban J connectivity index is 1.78. The number of para-hydroxylation sites is 1. The topological polar surface area (TPSA) is 38.8 Å². The number of ether oxygens (including phenoxy) is 2. The number of halogens is 1. The van der Waals surface area contributed by atoms with Gasteiger partial charge < -0.3 is 9.47 Å². The van der Waals surface area contributed by atoms with E-state index < -0.39 is 0 Å². The minimum absolute atomic E-state index is 0.103. The molecule has 0 aliphatic carbocycles. The van der Waals surface area contributed by atoms with Crippen LogP contribution in [0.2, 0.25) is 0 Å². The van der Waals surface area contributed by atoms with Crippen LogP contribution in [0, 0.1) is 5.82 Å². The van der Waals surface area contributed by atoms with Gasteiger partial charge in [-0.2, -0.15) is 0 Å². The fraction of sp³-hybridized carbons (Fsp3) is 0.200. The van der Waals surface area contributed by atoms with Crippen LogP contribution in [-0.4, -0.2) is 35.4 Å². The maximum Gasteiger partial charge on any atom is 0.266 e. The molecule has 1 aliphatic heterocycles. The third kappa shape index (κ3) is 4.74. The average molecular weight is 404 g/mol. The summed E-state index contributed by atoms with van der Waals surface area (Å²) in [6, 6.07) is 13.8. The van der Waals surface area contributed by atoms with E-state index in [-0.39, 0.29) is 18.3 Å². The van der Waals surface area contributed by atoms with Gasteiger partial charge >= 0.3 is 0 Å². The monoisotopic (exact) mass is 403 g/mol. The van der Waals surface area contributed by atoms with Gasteiger partial charge in [0.25, 0.3) is 5.91 Å². The SMILES string of the molecule is COCCN1C(=O)C(=Cc2ccccc2OCc2ccccc2F)SC1=S. The smallest absolute Gasteiger partial charge is 0.266 e. The van der Waals surface area contributed by atoms with Crippen LogP contribution in [0.3, 0.4) is 0 Å². The van der Waals surface area contributed by atoms with Gasteiger partial charge in [0.15, 0.2) is 0 Å². The summed E-state index contributed by atoms with van der Waals surface area (Å²) in [5.41, 5.74) is 1.21. The van der Waals surface area contributed by atoms with Gasteiger partial charge in [0.05, 0.1) is 18.1 Å². The van der Waals surface area contributed by atoms with Crippen LogP contribution in [0.25, 0.3) is 6.08 Å². The fourth-order valence-corrected chi connectivity index (χ4v) is 3.82. The second-order valence-electron chi connectivity index (χ2n) is 5.74. The molecule has 0 bridgehead atoms. The number of carbonyl (C=O) groups excluding carboxylic acids is 1. The van der Waals surface area contributed by atoms with Crippen LogP contribution in [0.1, 0.15) is 11.1 Å². The fourth-order valence-electron chi connectivity index (χ4n) is 2.52. The van der Waals surface area contributed by atoms with Gasteiger partial charge in [0.1, 0.15) is 22.5 Å². The molecule has 2 aromatic carbocycles. The van der Waals surface area contributed by atoms with E-state index in [1.165, 1.54) is 22.7 Å². The lowest BCUT2D eigenvalue weighted by Crippen LogP contribution is -2.31. The van der Waals surface area contributed by atoms with Crippen molar-refractivity contribution in [2.75, 3.05) is 20.3 Å². The Morgan fingerprint density at radius 1 is 1.19 bits per heavy atom. The quantitative estimate of drug-likeness (QED) is 0.510. The molecule has 2 aromatic rings. The molecule has 1 fully saturated rings. The van der Waals surface area contributed by atoms with E-state index in [0.717, 1.165) is 5.56 Å². The van der Waals surface area contributed by atoms with Crippen molar-refractivity contribution >= 4 is 40.3 Å². The van der Waals surface area contributed by atoms with Crippen LogP contribution in [-0.2, 0) is 16.1 Å². The number of rotatable bonds is 7. The van der Waals surface area contributed by atoms with Gasteiger partial charge in [-0.1, -0.05) is 60.4 Å². The number of thiocarbonyl (C=S) groups is 1. The van der Waals surface area contributed by atoms with E-state index >= 15 is 0 Å². The van der Waals surface area contributed by atoms with E-state index in [9.17, 15) is 9.18 Å². The highest BCUT2D eigenvalue weighted by Crippen LogP contribution is 2.34. The van der Waals surface area contributed by atoms with Crippen molar-refractivity contribution in [3.05, 3.63) is 70.4 Å². The molecule has 1 amide bonds. The molecule has 3 rings (SSSR count). The number of hydrogen-bond acceptors (Lipinski definition) is 5. The summed E-state index contributed by atoms with van der Waals surface area (Å²) in [6.07, 6.45) is 1.75. The Morgan fingerprint density at radius 2 is 1.93 bits per heavy atom. The molecule has 0 spiro atoms. The number of methoxy groups -OCH3 is 1. The Kier molecular flexibility index (Phi) is 6.60. The summed E-state index contributed by atoms with van der Waals surface area (Å²) < 4.78 is 25.1. The van der Waals surface area contributed by atoms with Gasteiger partial charge in [-0.05, 0) is 18.2 Å². The molecule has 4 nitrogen and oxygen atoms in total. The van der Waals surface area contributed by atoms with Gasteiger partial charge in [0.2, 0.25) is 0 Å². The number of benzene rings is 2. The van der Waals surface area contributed by atoms with Crippen LogP contribution in [0.4, 0.5) is 4.39 Å². The summed E-state index contributed by atoms with van der Waals surface area (Å²) in [6.45, 7) is 0.943. The highest BCUT2D eigenvalue weighted by Gasteiger charge is 2.31. The van der Waals surface area contributed by atoms with Crippen molar-refractivity contribution < 1.29 is 18.7 Å². The van der Waals surface area contributed by atoms with Crippen LogP contribution >= 0.6 is 24.0 Å². The molecule has 0 atom stereocenters. The lowest BCUT2D eigenvalue weighted by Gasteiger charge is -2.13. The normalized spacial score (nSPS) is 15.6. The largest absolute Gasteiger partial charge is 0.488 e. The maximum atomic E-state index is 13.8. The van der Waals surface area contributed by atoms with Crippen molar-refractivity contribution in [1.82, 2.24) is 4.90 Å². The van der Waals surface area contributed by atoms with E-state index in [4.69, 9.17) is 21.7 Å². The van der Waals surface area contributed by atoms with Crippen molar-refractivity contribution in [1.29, 1.82) is 0 Å². The third-order valence-electron chi connectivity index (χ3n) is 3.94. The zero-order valence-electron chi connectivity index (χ0n) is 14.7. The Hall–Kier alpha value is -2.22. The van der Waals surface area contributed by atoms with E-state index in [0.29, 0.717) is 33.7 Å². The molecule has 0 radical (unpaired) electrons. The second kappa shape index (κ2) is 9.12. The molecule has 1 saturated heterocycles. The van der Waals surface area contributed by atoms with Gasteiger partial charge in [-0.3, -0.25) is 9.69 Å². The number of amides is 1. The summed E-state index contributed by atoms with van der Waals surface area (Å²) in [4.78, 5) is 14.6. The molecule has 27 heavy (non-hydrogen) atoms. The third-order valence-corrected chi connectivity index (χ3v) is 5.32. The molecule has 0 aromatic heterocycles. The Labute approximate surface area is 167 Å². The summed E-state index contributed by atoms with van der Waals surface area (Å²) in [7, 11) is 1.58. The molecule has 140 valence electrons. The molecule has 1 heterocycles. The lowest BCUT2D eigenvalue weighted by molar-refractivity contribution is -0.122. The van der Waals surface area contributed by atoms with Crippen molar-refractivity contribution in [2.45, 2.75) is 6.61 Å². The summed E-state index contributed by atoms with van der Waals surface area (Å²) in [5.74, 6) is 0.114. The number of carbonyl (C=O) groups is 1. The van der Waals surface area contributed by atoms with Crippen LogP contribution < -0.4 is 4.74 Å². The number of hydrogen-bond donors (Lipinski definition) is 0. The standard InChI is InChI=1S/C20H18FNO3S2/c1-24-11-10-22-19(23)18(27-20(22)26)12-14-6-3-5-9-17(14)25-13-15-7-2-4-8-16(15)21/h2-9,12H,10-11,13H2,1H3. The number of nitrogens with zero attached hydrogens (tertiary/aromatic N) is 1. The molecule has 1 aliphatic rings. The highest BCUT2D eigenvalue weighted by atomic mass is 32.2. The minimum atomic E-state index is -0.311. The first kappa shape index (κ1) is 19.5. The van der Waals surface area contributed by atoms with E-state index in [1.54, 1.807) is 37.5 Å². The minimum Gasteiger partial charge on any atom is -0.488 e. The van der Waals surface area contributed by atoms with E-state index in [2.05, 4.69) is 0 Å². The zero-order valence-corrected chi connectivity index (χ0v) is 16.3. The lowest BCUT2D eigenvalue weighted by atomic mass is 10.1. The van der Waals surface area contributed by atoms with Gasteiger partial charge in [0, 0.05) is 18.2 Å². The molecule has 0 unspecified atom stereocenters. The van der Waals surface area contributed by atoms with Crippen molar-refractivity contribution in [3.8, 4) is 5.75 Å². The maximum absolute atomic E-state index is 13.8. The molecule has 7 heteroatoms. The molecule has 0 saturated carbocycles.